The predicted octanol–water partition coefficient (Wildman–Crippen LogP) is 11.6. The molecule has 0 bridgehead atoms. The second-order valence-electron chi connectivity index (χ2n) is 13.6. The highest BCUT2D eigenvalue weighted by Gasteiger charge is 2.20. The van der Waals surface area contributed by atoms with Crippen LogP contribution in [0, 0.1) is 0 Å². The summed E-state index contributed by atoms with van der Waals surface area (Å²) < 4.78 is 6.84. The number of pyridine rings is 1. The molecular formula is C50H37N5O. The van der Waals surface area contributed by atoms with Crippen molar-refractivity contribution in [2.45, 2.75) is 6.54 Å². The fourth-order valence-electron chi connectivity index (χ4n) is 7.26. The van der Waals surface area contributed by atoms with E-state index < -0.39 is 0 Å². The summed E-state index contributed by atoms with van der Waals surface area (Å²) in [7, 11) is 0. The Labute approximate surface area is 325 Å². The van der Waals surface area contributed by atoms with Gasteiger partial charge >= 0.3 is 0 Å². The maximum Gasteiger partial charge on any atom is 0.161 e. The third-order valence-electron chi connectivity index (χ3n) is 10.0. The third kappa shape index (κ3) is 6.99. The largest absolute Gasteiger partial charge is 0.455 e. The maximum absolute atomic E-state index is 6.84. The summed E-state index contributed by atoms with van der Waals surface area (Å²) >= 11 is 0. The average molecular weight is 724 g/mol. The molecule has 0 amide bonds. The van der Waals surface area contributed by atoms with Gasteiger partial charge in [-0.1, -0.05) is 115 Å². The van der Waals surface area contributed by atoms with Gasteiger partial charge in [0.25, 0.3) is 0 Å². The molecule has 8 aromatic rings. The molecule has 0 radical (unpaired) electrons. The maximum atomic E-state index is 6.84. The first-order chi connectivity index (χ1) is 27.7. The Kier molecular flexibility index (Phi) is 9.50. The minimum Gasteiger partial charge on any atom is -0.455 e. The molecule has 0 atom stereocenters. The highest BCUT2D eigenvalue weighted by molar-refractivity contribution is 6.23. The van der Waals surface area contributed by atoms with Gasteiger partial charge in [0.15, 0.2) is 11.7 Å². The molecule has 0 spiro atoms. The van der Waals surface area contributed by atoms with Gasteiger partial charge in [-0.05, 0) is 106 Å². The van der Waals surface area contributed by atoms with E-state index in [0.29, 0.717) is 18.2 Å². The minimum absolute atomic E-state index is 0.465. The number of rotatable bonds is 8. The van der Waals surface area contributed by atoms with Gasteiger partial charge in [-0.15, -0.1) is 0 Å². The van der Waals surface area contributed by atoms with Crippen LogP contribution in [0.1, 0.15) is 22.3 Å². The molecule has 1 N–H and O–H groups in total. The van der Waals surface area contributed by atoms with Gasteiger partial charge < -0.3 is 9.73 Å². The van der Waals surface area contributed by atoms with Gasteiger partial charge in [0.1, 0.15) is 11.2 Å². The zero-order valence-corrected chi connectivity index (χ0v) is 30.6. The first-order valence-electron chi connectivity index (χ1n) is 18.6. The summed E-state index contributed by atoms with van der Waals surface area (Å²) in [6, 6.07) is 52.1. The van der Waals surface area contributed by atoms with Crippen molar-refractivity contribution in [1.29, 1.82) is 0 Å². The van der Waals surface area contributed by atoms with Crippen molar-refractivity contribution in [1.82, 2.24) is 10.3 Å². The van der Waals surface area contributed by atoms with E-state index >= 15 is 0 Å². The van der Waals surface area contributed by atoms with Crippen LogP contribution in [-0.2, 0) is 6.54 Å². The number of allylic oxidation sites excluding steroid dienone is 2. The normalized spacial score (nSPS) is 13.1. The number of nitrogens with zero attached hydrogens (tertiary/aromatic N) is 4. The molecule has 6 aromatic carbocycles. The molecule has 0 unspecified atom stereocenters. The molecule has 2 aromatic heterocycles. The molecule has 9 rings (SSSR count). The fourth-order valence-corrected chi connectivity index (χ4v) is 7.26. The predicted molar refractivity (Wildman–Crippen MR) is 232 cm³/mol. The standard InChI is InChI=1S/C50H37N5O/c1-51-50(55-49(37-13-6-3-7-14-37)54-33-34-11-4-2-5-12-34)43-19-10-20-46-47(43)45-32-42(40-17-8-15-38(29-40)35-21-25-52-26-22-35)31-44(48(45)56-46)41-18-9-16-39(30-41)36-23-27-53-28-24-36/h2-27,29-32,53H,1,28,33H2. The smallest absolute Gasteiger partial charge is 0.161 e. The Balaban J connectivity index is 1.26. The number of amidine groups is 2. The molecule has 268 valence electrons. The Bertz CT molecular complexity index is 2830. The lowest BCUT2D eigenvalue weighted by atomic mass is 9.92. The van der Waals surface area contributed by atoms with Gasteiger partial charge in [0.05, 0.1) is 6.54 Å². The minimum atomic E-state index is 0.465. The van der Waals surface area contributed by atoms with Crippen LogP contribution in [0.25, 0.3) is 60.9 Å². The van der Waals surface area contributed by atoms with Crippen LogP contribution >= 0.6 is 0 Å². The zero-order chi connectivity index (χ0) is 37.7. The van der Waals surface area contributed by atoms with E-state index in [4.69, 9.17) is 14.4 Å². The van der Waals surface area contributed by atoms with Crippen molar-refractivity contribution in [3.05, 3.63) is 205 Å². The Morgan fingerprint density at radius 3 is 2.14 bits per heavy atom. The van der Waals surface area contributed by atoms with E-state index in [1.807, 2.05) is 97.5 Å². The number of benzene rings is 6. The van der Waals surface area contributed by atoms with Crippen LogP contribution in [0.4, 0.5) is 0 Å². The summed E-state index contributed by atoms with van der Waals surface area (Å²) in [5.74, 6) is 1.04. The molecule has 0 fully saturated rings. The highest BCUT2D eigenvalue weighted by Crippen LogP contribution is 2.42. The Morgan fingerprint density at radius 2 is 1.38 bits per heavy atom. The quantitative estimate of drug-likeness (QED) is 0.125. The van der Waals surface area contributed by atoms with E-state index in [2.05, 4.69) is 107 Å². The molecule has 6 heteroatoms. The first kappa shape index (κ1) is 34.3. The zero-order valence-electron chi connectivity index (χ0n) is 30.6. The molecular weight excluding hydrogens is 687 g/mol. The number of aliphatic imine (C=N–C) groups is 3. The lowest BCUT2D eigenvalue weighted by molar-refractivity contribution is 0.670. The lowest BCUT2D eigenvalue weighted by Crippen LogP contribution is -2.08. The van der Waals surface area contributed by atoms with Crippen LogP contribution in [-0.4, -0.2) is 29.9 Å². The summed E-state index contributed by atoms with van der Waals surface area (Å²) in [6.07, 6.45) is 9.98. The second-order valence-corrected chi connectivity index (χ2v) is 13.6. The van der Waals surface area contributed by atoms with Crippen molar-refractivity contribution in [2.75, 3.05) is 6.54 Å². The number of nitrogens with one attached hydrogen (secondary N) is 1. The molecule has 0 saturated carbocycles. The van der Waals surface area contributed by atoms with Crippen molar-refractivity contribution < 1.29 is 4.42 Å². The van der Waals surface area contributed by atoms with Crippen molar-refractivity contribution in [3.63, 3.8) is 0 Å². The summed E-state index contributed by atoms with van der Waals surface area (Å²) in [5, 5.41) is 5.14. The highest BCUT2D eigenvalue weighted by atomic mass is 16.3. The van der Waals surface area contributed by atoms with Gasteiger partial charge in [-0.3, -0.25) is 9.98 Å². The number of hydrogen-bond acceptors (Lipinski definition) is 4. The topological polar surface area (TPSA) is 75.1 Å². The molecule has 56 heavy (non-hydrogen) atoms. The second kappa shape index (κ2) is 15.5. The number of fused-ring (bicyclic) bond motifs is 3. The summed E-state index contributed by atoms with van der Waals surface area (Å²) in [6.45, 7) is 5.28. The van der Waals surface area contributed by atoms with E-state index in [1.54, 1.807) is 0 Å². The number of dihydropyridines is 1. The van der Waals surface area contributed by atoms with E-state index in [9.17, 15) is 0 Å². The number of furan rings is 1. The van der Waals surface area contributed by atoms with E-state index in [1.165, 1.54) is 5.57 Å². The van der Waals surface area contributed by atoms with E-state index in [0.717, 1.165) is 84.1 Å². The molecule has 0 aliphatic carbocycles. The molecule has 0 saturated heterocycles. The van der Waals surface area contributed by atoms with E-state index in [-0.39, 0.29) is 0 Å². The summed E-state index contributed by atoms with van der Waals surface area (Å²) in [4.78, 5) is 18.9. The van der Waals surface area contributed by atoms with Gasteiger partial charge in [-0.25, -0.2) is 9.98 Å². The number of hydrogen-bond donors (Lipinski definition) is 1. The molecule has 3 heterocycles. The molecule has 1 aliphatic rings. The summed E-state index contributed by atoms with van der Waals surface area (Å²) in [5.41, 5.74) is 13.1. The Hall–Kier alpha value is -7.44. The van der Waals surface area contributed by atoms with Crippen LogP contribution in [0.3, 0.4) is 0 Å². The third-order valence-corrected chi connectivity index (χ3v) is 10.0. The van der Waals surface area contributed by atoms with Crippen molar-refractivity contribution in [2.24, 2.45) is 15.0 Å². The van der Waals surface area contributed by atoms with Crippen LogP contribution < -0.4 is 5.32 Å². The monoisotopic (exact) mass is 723 g/mol. The van der Waals surface area contributed by atoms with Gasteiger partial charge in [-0.2, -0.15) is 0 Å². The van der Waals surface area contributed by atoms with Crippen LogP contribution in [0.2, 0.25) is 0 Å². The average Bonchev–Trinajstić information content (AvgIpc) is 3.67. The van der Waals surface area contributed by atoms with Crippen molar-refractivity contribution in [3.8, 4) is 33.4 Å². The van der Waals surface area contributed by atoms with Gasteiger partial charge in [0, 0.05) is 46.4 Å². The molecule has 1 aliphatic heterocycles. The Morgan fingerprint density at radius 1 is 0.661 bits per heavy atom. The molecule has 6 nitrogen and oxygen atoms in total. The van der Waals surface area contributed by atoms with Crippen molar-refractivity contribution >= 4 is 45.9 Å². The lowest BCUT2D eigenvalue weighted by Gasteiger charge is -2.13. The first-order valence-corrected chi connectivity index (χ1v) is 18.6. The SMILES string of the molecule is C=NC(=NC(=NCc1ccccc1)c1ccccc1)c1cccc2oc3c(-c4cccc(C5=CCNC=C5)c4)cc(-c4cccc(-c5ccncc5)c4)cc3c12. The van der Waals surface area contributed by atoms with Gasteiger partial charge in [0.2, 0.25) is 0 Å². The van der Waals surface area contributed by atoms with Crippen LogP contribution in [0.15, 0.2) is 202 Å². The fraction of sp³-hybridized carbons (Fsp3) is 0.0400. The van der Waals surface area contributed by atoms with Crippen LogP contribution in [0.5, 0.6) is 0 Å². The number of aromatic nitrogens is 1.